The fraction of sp³-hybridized carbons (Fsp3) is 0.417. The Morgan fingerprint density at radius 1 is 1.20 bits per heavy atom. The van der Waals surface area contributed by atoms with Gasteiger partial charge in [-0.3, -0.25) is 4.79 Å². The first-order chi connectivity index (χ1) is 7.24. The van der Waals surface area contributed by atoms with Gasteiger partial charge in [-0.25, -0.2) is 0 Å². The van der Waals surface area contributed by atoms with Gasteiger partial charge in [-0.05, 0) is 43.5 Å². The molecule has 0 atom stereocenters. The van der Waals surface area contributed by atoms with Crippen LogP contribution < -0.4 is 10.6 Å². The highest BCUT2D eigenvalue weighted by Gasteiger charge is 2.16. The van der Waals surface area contributed by atoms with Gasteiger partial charge in [-0.15, -0.1) is 0 Å². The van der Waals surface area contributed by atoms with E-state index in [0.717, 1.165) is 11.4 Å². The van der Waals surface area contributed by atoms with Crippen LogP contribution in [0.3, 0.4) is 0 Å². The highest BCUT2D eigenvalue weighted by molar-refractivity contribution is 5.88. The third kappa shape index (κ3) is 2.72. The van der Waals surface area contributed by atoms with Crippen LogP contribution in [-0.2, 0) is 4.79 Å². The smallest absolute Gasteiger partial charge is 0.221 e. The number of anilines is 2. The van der Waals surface area contributed by atoms with Crippen LogP contribution in [0.5, 0.6) is 0 Å². The topological polar surface area (TPSA) is 41.1 Å². The van der Waals surface area contributed by atoms with Crippen LogP contribution in [0.2, 0.25) is 0 Å². The SMILES string of the molecule is CC(=O)Nc1ccc(NC2CCC2)cc1. The number of carbonyl (C=O) groups is 1. The lowest BCUT2D eigenvalue weighted by Crippen LogP contribution is -2.26. The van der Waals surface area contributed by atoms with E-state index in [2.05, 4.69) is 10.6 Å². The van der Waals surface area contributed by atoms with Crippen molar-refractivity contribution >= 4 is 17.3 Å². The van der Waals surface area contributed by atoms with Crippen LogP contribution in [0.4, 0.5) is 11.4 Å². The predicted octanol–water partition coefficient (Wildman–Crippen LogP) is 2.61. The van der Waals surface area contributed by atoms with Gasteiger partial charge in [-0.1, -0.05) is 0 Å². The molecule has 1 saturated carbocycles. The Balaban J connectivity index is 1.93. The lowest BCUT2D eigenvalue weighted by molar-refractivity contribution is -0.114. The molecule has 0 saturated heterocycles. The number of amides is 1. The molecule has 0 spiro atoms. The summed E-state index contributed by atoms with van der Waals surface area (Å²) in [6.45, 7) is 1.51. The number of rotatable bonds is 3. The summed E-state index contributed by atoms with van der Waals surface area (Å²) in [5, 5.41) is 6.19. The molecule has 2 N–H and O–H groups in total. The van der Waals surface area contributed by atoms with E-state index in [1.165, 1.54) is 26.2 Å². The van der Waals surface area contributed by atoms with Gasteiger partial charge < -0.3 is 10.6 Å². The summed E-state index contributed by atoms with van der Waals surface area (Å²) in [5.41, 5.74) is 1.98. The molecule has 3 nitrogen and oxygen atoms in total. The summed E-state index contributed by atoms with van der Waals surface area (Å²) in [6.07, 6.45) is 3.88. The molecule has 80 valence electrons. The largest absolute Gasteiger partial charge is 0.382 e. The monoisotopic (exact) mass is 204 g/mol. The van der Waals surface area contributed by atoms with Crippen molar-refractivity contribution in [3.05, 3.63) is 24.3 Å². The number of benzene rings is 1. The van der Waals surface area contributed by atoms with Crippen LogP contribution in [0.25, 0.3) is 0 Å². The Labute approximate surface area is 89.9 Å². The molecular weight excluding hydrogens is 188 g/mol. The molecule has 1 aliphatic carbocycles. The van der Waals surface area contributed by atoms with E-state index in [-0.39, 0.29) is 5.91 Å². The summed E-state index contributed by atoms with van der Waals surface area (Å²) in [7, 11) is 0. The molecule has 0 aromatic heterocycles. The highest BCUT2D eigenvalue weighted by Crippen LogP contribution is 2.23. The quantitative estimate of drug-likeness (QED) is 0.794. The van der Waals surface area contributed by atoms with Crippen LogP contribution in [0, 0.1) is 0 Å². The van der Waals surface area contributed by atoms with Gasteiger partial charge in [0.05, 0.1) is 0 Å². The number of hydrogen-bond acceptors (Lipinski definition) is 2. The van der Waals surface area contributed by atoms with E-state index >= 15 is 0 Å². The molecule has 1 fully saturated rings. The van der Waals surface area contributed by atoms with Gasteiger partial charge in [-0.2, -0.15) is 0 Å². The first-order valence-electron chi connectivity index (χ1n) is 5.38. The van der Waals surface area contributed by atoms with E-state index in [4.69, 9.17) is 0 Å². The van der Waals surface area contributed by atoms with Gasteiger partial charge in [0.15, 0.2) is 0 Å². The second-order valence-electron chi connectivity index (χ2n) is 4.03. The standard InChI is InChI=1S/C12H16N2O/c1-9(15)13-11-5-7-12(8-6-11)14-10-3-2-4-10/h5-8,10,14H,2-4H2,1H3,(H,13,15). The van der Waals surface area contributed by atoms with Crippen molar-refractivity contribution in [3.8, 4) is 0 Å². The molecule has 1 aromatic carbocycles. The van der Waals surface area contributed by atoms with Gasteiger partial charge in [0.2, 0.25) is 5.91 Å². The fourth-order valence-electron chi connectivity index (χ4n) is 1.64. The summed E-state index contributed by atoms with van der Waals surface area (Å²) in [5.74, 6) is -0.0327. The number of carbonyl (C=O) groups excluding carboxylic acids is 1. The molecule has 2 rings (SSSR count). The van der Waals surface area contributed by atoms with Crippen molar-refractivity contribution in [1.29, 1.82) is 0 Å². The van der Waals surface area contributed by atoms with Gasteiger partial charge in [0, 0.05) is 24.3 Å². The lowest BCUT2D eigenvalue weighted by atomic mass is 9.93. The molecule has 0 heterocycles. The molecule has 1 aromatic rings. The summed E-state index contributed by atoms with van der Waals surface area (Å²) < 4.78 is 0. The van der Waals surface area contributed by atoms with Crippen molar-refractivity contribution in [3.63, 3.8) is 0 Å². The molecule has 1 aliphatic rings. The zero-order chi connectivity index (χ0) is 10.7. The third-order valence-electron chi connectivity index (χ3n) is 2.68. The molecule has 0 bridgehead atoms. The molecule has 0 unspecified atom stereocenters. The van der Waals surface area contributed by atoms with Crippen LogP contribution >= 0.6 is 0 Å². The average Bonchev–Trinajstić information content (AvgIpc) is 2.13. The van der Waals surface area contributed by atoms with Crippen molar-refractivity contribution in [2.24, 2.45) is 0 Å². The summed E-state index contributed by atoms with van der Waals surface area (Å²) in [4.78, 5) is 10.8. The second-order valence-corrected chi connectivity index (χ2v) is 4.03. The third-order valence-corrected chi connectivity index (χ3v) is 2.68. The minimum absolute atomic E-state index is 0.0327. The van der Waals surface area contributed by atoms with Crippen molar-refractivity contribution in [2.45, 2.75) is 32.2 Å². The maximum absolute atomic E-state index is 10.8. The molecule has 15 heavy (non-hydrogen) atoms. The van der Waals surface area contributed by atoms with E-state index in [1.807, 2.05) is 24.3 Å². The van der Waals surface area contributed by atoms with Gasteiger partial charge in [0.1, 0.15) is 0 Å². The van der Waals surface area contributed by atoms with Crippen molar-refractivity contribution in [2.75, 3.05) is 10.6 Å². The second kappa shape index (κ2) is 4.34. The minimum atomic E-state index is -0.0327. The van der Waals surface area contributed by atoms with Crippen LogP contribution in [-0.4, -0.2) is 11.9 Å². The van der Waals surface area contributed by atoms with E-state index < -0.39 is 0 Å². The Morgan fingerprint density at radius 3 is 2.27 bits per heavy atom. The summed E-state index contributed by atoms with van der Waals surface area (Å²) in [6, 6.07) is 8.49. The van der Waals surface area contributed by atoms with Crippen LogP contribution in [0.15, 0.2) is 24.3 Å². The maximum atomic E-state index is 10.8. The van der Waals surface area contributed by atoms with Gasteiger partial charge in [0.25, 0.3) is 0 Å². The van der Waals surface area contributed by atoms with E-state index in [0.29, 0.717) is 6.04 Å². The molecule has 0 radical (unpaired) electrons. The average molecular weight is 204 g/mol. The normalized spacial score (nSPS) is 15.5. The highest BCUT2D eigenvalue weighted by atomic mass is 16.1. The number of hydrogen-bond donors (Lipinski definition) is 2. The number of nitrogens with one attached hydrogen (secondary N) is 2. The Bertz CT molecular complexity index is 341. The Kier molecular flexibility index (Phi) is 2.90. The minimum Gasteiger partial charge on any atom is -0.382 e. The zero-order valence-electron chi connectivity index (χ0n) is 8.92. The molecule has 1 amide bonds. The van der Waals surface area contributed by atoms with Crippen molar-refractivity contribution < 1.29 is 4.79 Å². The Morgan fingerprint density at radius 2 is 1.80 bits per heavy atom. The first-order valence-corrected chi connectivity index (χ1v) is 5.38. The van der Waals surface area contributed by atoms with Crippen LogP contribution in [0.1, 0.15) is 26.2 Å². The lowest BCUT2D eigenvalue weighted by Gasteiger charge is -2.27. The molecule has 3 heteroatoms. The van der Waals surface area contributed by atoms with E-state index in [1.54, 1.807) is 0 Å². The predicted molar refractivity (Wildman–Crippen MR) is 62.0 cm³/mol. The molecular formula is C12H16N2O. The molecule has 0 aliphatic heterocycles. The van der Waals surface area contributed by atoms with Gasteiger partial charge >= 0.3 is 0 Å². The fourth-order valence-corrected chi connectivity index (χ4v) is 1.64. The maximum Gasteiger partial charge on any atom is 0.221 e. The zero-order valence-corrected chi connectivity index (χ0v) is 8.92. The van der Waals surface area contributed by atoms with Crippen molar-refractivity contribution in [1.82, 2.24) is 0 Å². The first kappa shape index (κ1) is 10.0. The summed E-state index contributed by atoms with van der Waals surface area (Å²) >= 11 is 0. The Hall–Kier alpha value is -1.51. The van der Waals surface area contributed by atoms with E-state index in [9.17, 15) is 4.79 Å².